The molecule has 1 aromatic carbocycles. The fraction of sp³-hybridized carbons (Fsp3) is 0.611. The monoisotopic (exact) mass is 346 g/mol. The second-order valence-corrected chi connectivity index (χ2v) is 7.02. The van der Waals surface area contributed by atoms with Gasteiger partial charge in [0.15, 0.2) is 0 Å². The summed E-state index contributed by atoms with van der Waals surface area (Å²) in [5.41, 5.74) is 0.796. The van der Waals surface area contributed by atoms with E-state index in [9.17, 15) is 14.9 Å². The number of hydrogen-bond acceptors (Lipinski definition) is 4. The average molecular weight is 346 g/mol. The summed E-state index contributed by atoms with van der Waals surface area (Å²) >= 11 is 0. The molecule has 0 bridgehead atoms. The molecule has 1 aromatic rings. The van der Waals surface area contributed by atoms with Gasteiger partial charge in [0.1, 0.15) is 0 Å². The molecule has 0 radical (unpaired) electrons. The molecule has 7 heteroatoms. The summed E-state index contributed by atoms with van der Waals surface area (Å²) in [5.74, 6) is 0. The van der Waals surface area contributed by atoms with Gasteiger partial charge in [0.05, 0.1) is 11.0 Å². The van der Waals surface area contributed by atoms with E-state index in [-0.39, 0.29) is 23.8 Å². The van der Waals surface area contributed by atoms with E-state index in [2.05, 4.69) is 10.2 Å². The molecular weight excluding hydrogens is 320 g/mol. The van der Waals surface area contributed by atoms with Gasteiger partial charge in [-0.15, -0.1) is 0 Å². The zero-order valence-corrected chi connectivity index (χ0v) is 14.7. The molecule has 25 heavy (non-hydrogen) atoms. The Morgan fingerprint density at radius 1 is 1.32 bits per heavy atom. The van der Waals surface area contributed by atoms with Gasteiger partial charge in [0, 0.05) is 31.3 Å². The highest BCUT2D eigenvalue weighted by Gasteiger charge is 2.31. The predicted octanol–water partition coefficient (Wildman–Crippen LogP) is 2.93. The van der Waals surface area contributed by atoms with Gasteiger partial charge < -0.3 is 15.1 Å². The van der Waals surface area contributed by atoms with Crippen LogP contribution in [-0.2, 0) is 0 Å². The van der Waals surface area contributed by atoms with Crippen molar-refractivity contribution in [3.8, 4) is 0 Å². The van der Waals surface area contributed by atoms with Gasteiger partial charge in [0.2, 0.25) is 0 Å². The van der Waals surface area contributed by atoms with Crippen molar-refractivity contribution in [2.75, 3.05) is 26.2 Å². The van der Waals surface area contributed by atoms with Gasteiger partial charge in [0.25, 0.3) is 5.69 Å². The van der Waals surface area contributed by atoms with Crippen LogP contribution in [-0.4, -0.2) is 53.0 Å². The van der Waals surface area contributed by atoms with E-state index >= 15 is 0 Å². The molecule has 2 fully saturated rings. The van der Waals surface area contributed by atoms with E-state index in [1.165, 1.54) is 25.0 Å². The first-order chi connectivity index (χ1) is 12.0. The number of non-ortho nitro benzene ring substituents is 1. The smallest absolute Gasteiger partial charge is 0.318 e. The number of likely N-dealkylation sites (tertiary alicyclic amines) is 2. The molecule has 2 amide bonds. The van der Waals surface area contributed by atoms with E-state index < -0.39 is 4.92 Å². The second kappa shape index (κ2) is 7.82. The van der Waals surface area contributed by atoms with E-state index in [4.69, 9.17) is 0 Å². The third-order valence-electron chi connectivity index (χ3n) is 5.23. The first-order valence-corrected chi connectivity index (χ1v) is 9.08. The number of nitrogens with one attached hydrogen (secondary N) is 1. The Hall–Kier alpha value is -2.15. The van der Waals surface area contributed by atoms with Crippen LogP contribution in [0.5, 0.6) is 0 Å². The lowest BCUT2D eigenvalue weighted by atomic mass is 10.1. The molecule has 7 nitrogen and oxygen atoms in total. The summed E-state index contributed by atoms with van der Waals surface area (Å²) in [6.07, 6.45) is 4.59. The number of nitrogens with zero attached hydrogens (tertiary/aromatic N) is 3. The highest BCUT2D eigenvalue weighted by atomic mass is 16.6. The lowest BCUT2D eigenvalue weighted by Gasteiger charge is -2.29. The largest absolute Gasteiger partial charge is 0.331 e. The summed E-state index contributed by atoms with van der Waals surface area (Å²) in [5, 5.41) is 13.9. The van der Waals surface area contributed by atoms with Gasteiger partial charge in [-0.1, -0.05) is 12.1 Å². The Kier molecular flexibility index (Phi) is 5.53. The predicted molar refractivity (Wildman–Crippen MR) is 95.4 cm³/mol. The van der Waals surface area contributed by atoms with Gasteiger partial charge >= 0.3 is 6.03 Å². The number of hydrogen-bond donors (Lipinski definition) is 1. The molecule has 0 saturated carbocycles. The fourth-order valence-corrected chi connectivity index (χ4v) is 3.82. The maximum Gasteiger partial charge on any atom is 0.318 e. The van der Waals surface area contributed by atoms with E-state index in [0.29, 0.717) is 0 Å². The lowest BCUT2D eigenvalue weighted by molar-refractivity contribution is -0.384. The molecule has 0 aromatic heterocycles. The molecule has 2 atom stereocenters. The number of benzene rings is 1. The van der Waals surface area contributed by atoms with Crippen LogP contribution >= 0.6 is 0 Å². The standard InChI is InChI=1S/C18H26N4O3/c1-14(15-6-4-7-16(12-15)22(24)25)19-18(23)21-11-5-8-17(21)13-20-9-2-3-10-20/h4,6-7,12,14,17H,2-3,5,8-11,13H2,1H3,(H,19,23)/t14-,17+/m0/s1. The van der Waals surface area contributed by atoms with Crippen LogP contribution < -0.4 is 5.32 Å². The molecule has 3 rings (SSSR count). The van der Waals surface area contributed by atoms with Crippen molar-refractivity contribution in [3.05, 3.63) is 39.9 Å². The third-order valence-corrected chi connectivity index (χ3v) is 5.23. The molecule has 0 spiro atoms. The van der Waals surface area contributed by atoms with Crippen molar-refractivity contribution in [2.24, 2.45) is 0 Å². The topological polar surface area (TPSA) is 78.7 Å². The molecule has 136 valence electrons. The summed E-state index contributed by atoms with van der Waals surface area (Å²) in [6.45, 7) is 5.87. The second-order valence-electron chi connectivity index (χ2n) is 7.02. The molecule has 2 aliphatic rings. The lowest BCUT2D eigenvalue weighted by Crippen LogP contribution is -2.47. The van der Waals surface area contributed by atoms with Crippen LogP contribution in [0.15, 0.2) is 24.3 Å². The van der Waals surface area contributed by atoms with Gasteiger partial charge in [-0.25, -0.2) is 4.79 Å². The third kappa shape index (κ3) is 4.28. The zero-order valence-electron chi connectivity index (χ0n) is 14.7. The molecule has 0 aliphatic carbocycles. The summed E-state index contributed by atoms with van der Waals surface area (Å²) < 4.78 is 0. The minimum Gasteiger partial charge on any atom is -0.331 e. The fourth-order valence-electron chi connectivity index (χ4n) is 3.82. The van der Waals surface area contributed by atoms with Crippen molar-refractivity contribution >= 4 is 11.7 Å². The van der Waals surface area contributed by atoms with E-state index in [1.54, 1.807) is 6.07 Å². The molecule has 0 unspecified atom stereocenters. The highest BCUT2D eigenvalue weighted by Crippen LogP contribution is 2.23. The van der Waals surface area contributed by atoms with Crippen LogP contribution in [0.2, 0.25) is 0 Å². The van der Waals surface area contributed by atoms with Gasteiger partial charge in [-0.2, -0.15) is 0 Å². The Bertz CT molecular complexity index is 631. The molecule has 2 saturated heterocycles. The minimum absolute atomic E-state index is 0.0479. The van der Waals surface area contributed by atoms with Crippen molar-refractivity contribution in [3.63, 3.8) is 0 Å². The maximum atomic E-state index is 12.7. The Balaban J connectivity index is 1.60. The first-order valence-electron chi connectivity index (χ1n) is 9.08. The summed E-state index contributed by atoms with van der Waals surface area (Å²) in [7, 11) is 0. The summed E-state index contributed by atoms with van der Waals surface area (Å²) in [4.78, 5) is 27.6. The molecular formula is C18H26N4O3. The highest BCUT2D eigenvalue weighted by molar-refractivity contribution is 5.75. The zero-order chi connectivity index (χ0) is 17.8. The van der Waals surface area contributed by atoms with Gasteiger partial charge in [-0.05, 0) is 51.3 Å². The molecule has 1 N–H and O–H groups in total. The number of amides is 2. The van der Waals surface area contributed by atoms with Crippen LogP contribution in [0.1, 0.15) is 44.2 Å². The van der Waals surface area contributed by atoms with Gasteiger partial charge in [-0.3, -0.25) is 10.1 Å². The SMILES string of the molecule is C[C@H](NC(=O)N1CCC[C@@H]1CN1CCCC1)c1cccc([N+](=O)[O-])c1. The van der Waals surface area contributed by atoms with Crippen LogP contribution in [0.4, 0.5) is 10.5 Å². The molecule has 2 heterocycles. The van der Waals surface area contributed by atoms with Crippen molar-refractivity contribution in [1.82, 2.24) is 15.1 Å². The minimum atomic E-state index is -0.412. The number of nitro benzene ring substituents is 1. The molecule has 2 aliphatic heterocycles. The van der Waals surface area contributed by atoms with E-state index in [1.807, 2.05) is 17.9 Å². The number of urea groups is 1. The van der Waals surface area contributed by atoms with Crippen LogP contribution in [0, 0.1) is 10.1 Å². The average Bonchev–Trinajstić information content (AvgIpc) is 3.27. The number of carbonyl (C=O) groups is 1. The van der Waals surface area contributed by atoms with Crippen molar-refractivity contribution < 1.29 is 9.72 Å². The Labute approximate surface area is 148 Å². The quantitative estimate of drug-likeness (QED) is 0.657. The number of carbonyl (C=O) groups excluding carboxylic acids is 1. The number of rotatable bonds is 5. The van der Waals surface area contributed by atoms with E-state index in [0.717, 1.165) is 44.6 Å². The first kappa shape index (κ1) is 17.7. The van der Waals surface area contributed by atoms with Crippen LogP contribution in [0.3, 0.4) is 0 Å². The summed E-state index contributed by atoms with van der Waals surface area (Å²) in [6, 6.07) is 6.39. The normalized spacial score (nSPS) is 22.1. The Morgan fingerprint density at radius 2 is 2.08 bits per heavy atom. The van der Waals surface area contributed by atoms with Crippen molar-refractivity contribution in [1.29, 1.82) is 0 Å². The van der Waals surface area contributed by atoms with Crippen molar-refractivity contribution in [2.45, 2.75) is 44.7 Å². The number of nitro groups is 1. The Morgan fingerprint density at radius 3 is 2.80 bits per heavy atom. The van der Waals surface area contributed by atoms with Crippen LogP contribution in [0.25, 0.3) is 0 Å². The maximum absolute atomic E-state index is 12.7.